The highest BCUT2D eigenvalue weighted by molar-refractivity contribution is 5.47. The van der Waals surface area contributed by atoms with Crippen LogP contribution in [0.25, 0.3) is 0 Å². The number of rotatable bonds is 7. The highest BCUT2D eigenvalue weighted by Crippen LogP contribution is 2.44. The van der Waals surface area contributed by atoms with Crippen LogP contribution in [0.4, 0.5) is 0 Å². The Bertz CT molecular complexity index is 491. The van der Waals surface area contributed by atoms with Gasteiger partial charge in [-0.05, 0) is 56.8 Å². The maximum Gasteiger partial charge on any atom is 0.125 e. The van der Waals surface area contributed by atoms with Crippen LogP contribution in [-0.2, 0) is 0 Å². The lowest BCUT2D eigenvalue weighted by Gasteiger charge is -2.42. The Kier molecular flexibility index (Phi) is 5.91. The first-order chi connectivity index (χ1) is 10.5. The molecule has 0 aromatic heterocycles. The van der Waals surface area contributed by atoms with Crippen molar-refractivity contribution in [1.29, 1.82) is 0 Å². The van der Waals surface area contributed by atoms with Gasteiger partial charge in [0.05, 0.1) is 0 Å². The van der Waals surface area contributed by atoms with E-state index in [0.29, 0.717) is 6.04 Å². The lowest BCUT2D eigenvalue weighted by atomic mass is 9.81. The Labute approximate surface area is 136 Å². The van der Waals surface area contributed by atoms with Gasteiger partial charge in [0.1, 0.15) is 11.4 Å². The minimum absolute atomic E-state index is 0.00431. The molecule has 1 aliphatic rings. The Morgan fingerprint density at radius 3 is 2.50 bits per heavy atom. The Balaban J connectivity index is 2.27. The lowest BCUT2D eigenvalue weighted by Crippen LogP contribution is -2.43. The molecule has 1 aliphatic heterocycles. The summed E-state index contributed by atoms with van der Waals surface area (Å²) in [6.07, 6.45) is 7.08. The minimum atomic E-state index is -0.00431. The average molecular weight is 303 g/mol. The molecular weight excluding hydrogens is 270 g/mol. The van der Waals surface area contributed by atoms with Crippen LogP contribution >= 0.6 is 0 Å². The summed E-state index contributed by atoms with van der Waals surface area (Å²) in [6.45, 7) is 12.3. The van der Waals surface area contributed by atoms with Gasteiger partial charge in [-0.25, -0.2) is 0 Å². The van der Waals surface area contributed by atoms with E-state index < -0.39 is 0 Å². The third-order valence-electron chi connectivity index (χ3n) is 5.20. The Hall–Kier alpha value is -1.02. The molecule has 124 valence electrons. The van der Waals surface area contributed by atoms with Crippen LogP contribution in [0.5, 0.6) is 5.75 Å². The molecule has 0 radical (unpaired) electrons. The van der Waals surface area contributed by atoms with Crippen LogP contribution in [-0.4, -0.2) is 12.1 Å². The normalized spacial score (nSPS) is 19.6. The number of nitrogens with one attached hydrogen (secondary N) is 1. The summed E-state index contributed by atoms with van der Waals surface area (Å²) >= 11 is 0. The molecule has 0 spiro atoms. The number of unbranched alkanes of at least 4 members (excludes halogenated alkanes) is 2. The maximum absolute atomic E-state index is 6.50. The third-order valence-corrected chi connectivity index (χ3v) is 5.20. The highest BCUT2D eigenvalue weighted by Gasteiger charge is 2.38. The van der Waals surface area contributed by atoms with Crippen molar-refractivity contribution in [3.63, 3.8) is 0 Å². The molecule has 2 heteroatoms. The molecule has 0 aliphatic carbocycles. The zero-order valence-corrected chi connectivity index (χ0v) is 15.1. The van der Waals surface area contributed by atoms with E-state index in [1.165, 1.54) is 36.0 Å². The van der Waals surface area contributed by atoms with Crippen molar-refractivity contribution >= 4 is 0 Å². The summed E-state index contributed by atoms with van der Waals surface area (Å²) in [5.74, 6) is 1.11. The Morgan fingerprint density at radius 2 is 1.86 bits per heavy atom. The quantitative estimate of drug-likeness (QED) is 0.675. The van der Waals surface area contributed by atoms with Crippen molar-refractivity contribution in [3.05, 3.63) is 28.8 Å². The van der Waals surface area contributed by atoms with Crippen molar-refractivity contribution in [3.8, 4) is 5.75 Å². The monoisotopic (exact) mass is 303 g/mol. The first-order valence-corrected chi connectivity index (χ1v) is 9.08. The first kappa shape index (κ1) is 17.3. The third kappa shape index (κ3) is 3.65. The van der Waals surface area contributed by atoms with Gasteiger partial charge in [0.25, 0.3) is 0 Å². The predicted molar refractivity (Wildman–Crippen MR) is 94.7 cm³/mol. The fourth-order valence-electron chi connectivity index (χ4n) is 3.73. The molecule has 2 nitrogen and oxygen atoms in total. The molecule has 1 aromatic carbocycles. The summed E-state index contributed by atoms with van der Waals surface area (Å²) in [5, 5.41) is 3.82. The van der Waals surface area contributed by atoms with Gasteiger partial charge in [-0.3, -0.25) is 0 Å². The fraction of sp³-hybridized carbons (Fsp3) is 0.700. The summed E-state index contributed by atoms with van der Waals surface area (Å²) in [7, 11) is 0. The molecular formula is C20H33NO. The van der Waals surface area contributed by atoms with Crippen molar-refractivity contribution in [2.75, 3.05) is 6.54 Å². The Morgan fingerprint density at radius 1 is 1.14 bits per heavy atom. The van der Waals surface area contributed by atoms with Crippen molar-refractivity contribution in [1.82, 2.24) is 5.32 Å². The maximum atomic E-state index is 6.50. The van der Waals surface area contributed by atoms with Gasteiger partial charge in [0.15, 0.2) is 0 Å². The summed E-state index contributed by atoms with van der Waals surface area (Å²) in [5.41, 5.74) is 4.04. The van der Waals surface area contributed by atoms with E-state index in [2.05, 4.69) is 52.1 Å². The van der Waals surface area contributed by atoms with Crippen LogP contribution in [0.15, 0.2) is 12.1 Å². The van der Waals surface area contributed by atoms with Crippen molar-refractivity contribution in [2.45, 2.75) is 84.8 Å². The number of benzene rings is 1. The molecule has 0 saturated carbocycles. The van der Waals surface area contributed by atoms with E-state index in [9.17, 15) is 0 Å². The number of fused-ring (bicyclic) bond motifs is 1. The molecule has 0 fully saturated rings. The zero-order chi connectivity index (χ0) is 16.2. The van der Waals surface area contributed by atoms with Gasteiger partial charge in [-0.2, -0.15) is 0 Å². The summed E-state index contributed by atoms with van der Waals surface area (Å²) in [6, 6.07) is 4.94. The molecule has 1 atom stereocenters. The smallest absolute Gasteiger partial charge is 0.125 e. The SMILES string of the molecule is CCCCCNC1CC(CC)(CC)Oc2cc(C)cc(C)c21. The van der Waals surface area contributed by atoms with Gasteiger partial charge >= 0.3 is 0 Å². The molecule has 1 N–H and O–H groups in total. The molecule has 1 heterocycles. The van der Waals surface area contributed by atoms with Gasteiger partial charge in [0.2, 0.25) is 0 Å². The number of hydrogen-bond acceptors (Lipinski definition) is 2. The van der Waals surface area contributed by atoms with Gasteiger partial charge < -0.3 is 10.1 Å². The van der Waals surface area contributed by atoms with Crippen LogP contribution in [0, 0.1) is 13.8 Å². The van der Waals surface area contributed by atoms with E-state index in [4.69, 9.17) is 4.74 Å². The number of hydrogen-bond donors (Lipinski definition) is 1. The standard InChI is InChI=1S/C20H33NO/c1-6-9-10-11-21-17-14-20(7-2,8-3)22-18-13-15(4)12-16(5)19(17)18/h12-13,17,21H,6-11,14H2,1-5H3. The van der Waals surface area contributed by atoms with E-state index in [-0.39, 0.29) is 5.60 Å². The number of ether oxygens (including phenoxy) is 1. The predicted octanol–water partition coefficient (Wildman–Crippen LogP) is 5.47. The second-order valence-corrected chi connectivity index (χ2v) is 6.90. The second kappa shape index (κ2) is 7.50. The molecule has 0 bridgehead atoms. The lowest BCUT2D eigenvalue weighted by molar-refractivity contribution is 0.0225. The van der Waals surface area contributed by atoms with Crippen LogP contribution in [0.2, 0.25) is 0 Å². The number of aryl methyl sites for hydroxylation is 2. The van der Waals surface area contributed by atoms with Gasteiger partial charge in [-0.15, -0.1) is 0 Å². The van der Waals surface area contributed by atoms with Crippen molar-refractivity contribution in [2.24, 2.45) is 0 Å². The molecule has 0 saturated heterocycles. The van der Waals surface area contributed by atoms with Gasteiger partial charge in [-0.1, -0.05) is 39.7 Å². The largest absolute Gasteiger partial charge is 0.487 e. The van der Waals surface area contributed by atoms with E-state index in [0.717, 1.165) is 31.6 Å². The first-order valence-electron chi connectivity index (χ1n) is 9.08. The molecule has 0 amide bonds. The minimum Gasteiger partial charge on any atom is -0.487 e. The zero-order valence-electron chi connectivity index (χ0n) is 15.1. The fourth-order valence-corrected chi connectivity index (χ4v) is 3.73. The van der Waals surface area contributed by atoms with Crippen molar-refractivity contribution < 1.29 is 4.74 Å². The summed E-state index contributed by atoms with van der Waals surface area (Å²) < 4.78 is 6.50. The highest BCUT2D eigenvalue weighted by atomic mass is 16.5. The van der Waals surface area contributed by atoms with Gasteiger partial charge in [0, 0.05) is 18.0 Å². The average Bonchev–Trinajstić information content (AvgIpc) is 2.50. The van der Waals surface area contributed by atoms with Crippen LogP contribution in [0.3, 0.4) is 0 Å². The van der Waals surface area contributed by atoms with E-state index in [1.807, 2.05) is 0 Å². The topological polar surface area (TPSA) is 21.3 Å². The molecule has 1 unspecified atom stereocenters. The van der Waals surface area contributed by atoms with E-state index >= 15 is 0 Å². The van der Waals surface area contributed by atoms with Crippen LogP contribution < -0.4 is 10.1 Å². The van der Waals surface area contributed by atoms with Crippen LogP contribution in [0.1, 0.15) is 82.0 Å². The molecule has 2 rings (SSSR count). The molecule has 22 heavy (non-hydrogen) atoms. The molecule has 1 aromatic rings. The van der Waals surface area contributed by atoms with E-state index in [1.54, 1.807) is 0 Å². The second-order valence-electron chi connectivity index (χ2n) is 6.90. The summed E-state index contributed by atoms with van der Waals surface area (Å²) in [4.78, 5) is 0.